The lowest BCUT2D eigenvalue weighted by molar-refractivity contribution is 0.673. The summed E-state index contributed by atoms with van der Waals surface area (Å²) < 4.78 is 6.54. The molecule has 0 bridgehead atoms. The molecule has 262 valence electrons. The molecule has 0 saturated carbocycles. The maximum atomic E-state index is 6.54. The van der Waals surface area contributed by atoms with Crippen LogP contribution in [-0.4, -0.2) is 0 Å². The van der Waals surface area contributed by atoms with Gasteiger partial charge in [-0.15, -0.1) is 0 Å². The number of anilines is 3. The van der Waals surface area contributed by atoms with Crippen LogP contribution in [0, 0.1) is 0 Å². The largest absolute Gasteiger partial charge is 0.455 e. The summed E-state index contributed by atoms with van der Waals surface area (Å²) in [5.41, 5.74) is 12.1. The van der Waals surface area contributed by atoms with E-state index >= 15 is 0 Å². The van der Waals surface area contributed by atoms with E-state index in [2.05, 4.69) is 217 Å². The highest BCUT2D eigenvalue weighted by Gasteiger charge is 2.18. The zero-order valence-electron chi connectivity index (χ0n) is 30.6. The van der Waals surface area contributed by atoms with Crippen LogP contribution in [0.2, 0.25) is 0 Å². The SMILES string of the molecule is c1cc(-c2ccc3ccccc3c2)cc(N(c2ccc(-c3cccc4oc5c6ccccc6ccc5c34)cc2)c2cccc(-c3ccc4ccccc4c3)c2)c1. The lowest BCUT2D eigenvalue weighted by atomic mass is 9.97. The molecule has 2 heteroatoms. The molecular formula is C54H35NO. The molecule has 0 aliphatic heterocycles. The molecule has 1 aromatic heterocycles. The number of furan rings is 1. The molecule has 0 spiro atoms. The predicted molar refractivity (Wildman–Crippen MR) is 237 cm³/mol. The maximum Gasteiger partial charge on any atom is 0.143 e. The van der Waals surface area contributed by atoms with Gasteiger partial charge in [-0.2, -0.15) is 0 Å². The average Bonchev–Trinajstić information content (AvgIpc) is 3.66. The summed E-state index contributed by atoms with van der Waals surface area (Å²) >= 11 is 0. The summed E-state index contributed by atoms with van der Waals surface area (Å²) in [6, 6.07) is 76.6. The first-order valence-corrected chi connectivity index (χ1v) is 19.2. The van der Waals surface area contributed by atoms with Crippen LogP contribution in [0.15, 0.2) is 217 Å². The molecule has 0 amide bonds. The average molecular weight is 714 g/mol. The van der Waals surface area contributed by atoms with Gasteiger partial charge in [0.05, 0.1) is 0 Å². The maximum absolute atomic E-state index is 6.54. The number of benzene rings is 10. The van der Waals surface area contributed by atoms with Gasteiger partial charge in [0.25, 0.3) is 0 Å². The fourth-order valence-corrected chi connectivity index (χ4v) is 8.42. The Morgan fingerprint density at radius 1 is 0.304 bits per heavy atom. The van der Waals surface area contributed by atoms with Gasteiger partial charge in [0.2, 0.25) is 0 Å². The van der Waals surface area contributed by atoms with Crippen LogP contribution in [0.5, 0.6) is 0 Å². The van der Waals surface area contributed by atoms with Gasteiger partial charge in [-0.05, 0) is 121 Å². The highest BCUT2D eigenvalue weighted by atomic mass is 16.3. The summed E-state index contributed by atoms with van der Waals surface area (Å²) in [5.74, 6) is 0. The number of hydrogen-bond acceptors (Lipinski definition) is 2. The standard InChI is InChI=1S/C54H35NO/c1-3-13-40-32-44(24-22-36(40)10-1)42-15-7-17-47(34-42)55(48-18-8-16-43(35-48)45-25-23-37-11-2-4-14-41(37)33-45)46-29-26-39(27-30-46)49-20-9-21-52-53(49)51-31-28-38-12-5-6-19-50(38)54(51)56-52/h1-35H. The van der Waals surface area contributed by atoms with Gasteiger partial charge >= 0.3 is 0 Å². The van der Waals surface area contributed by atoms with Crippen LogP contribution >= 0.6 is 0 Å². The van der Waals surface area contributed by atoms with Crippen LogP contribution < -0.4 is 4.90 Å². The minimum Gasteiger partial charge on any atom is -0.455 e. The van der Waals surface area contributed by atoms with Crippen LogP contribution in [0.3, 0.4) is 0 Å². The molecule has 56 heavy (non-hydrogen) atoms. The fraction of sp³-hybridized carbons (Fsp3) is 0. The van der Waals surface area contributed by atoms with E-state index in [4.69, 9.17) is 4.42 Å². The van der Waals surface area contributed by atoms with Crippen LogP contribution in [0.1, 0.15) is 0 Å². The molecule has 0 fully saturated rings. The van der Waals surface area contributed by atoms with Gasteiger partial charge in [-0.25, -0.2) is 0 Å². The van der Waals surface area contributed by atoms with Crippen molar-refractivity contribution in [3.05, 3.63) is 212 Å². The second kappa shape index (κ2) is 13.2. The normalized spacial score (nSPS) is 11.6. The molecular weight excluding hydrogens is 679 g/mol. The summed E-state index contributed by atoms with van der Waals surface area (Å²) in [7, 11) is 0. The van der Waals surface area contributed by atoms with Crippen molar-refractivity contribution in [2.24, 2.45) is 0 Å². The van der Waals surface area contributed by atoms with Crippen molar-refractivity contribution in [2.75, 3.05) is 4.90 Å². The zero-order valence-corrected chi connectivity index (χ0v) is 30.6. The lowest BCUT2D eigenvalue weighted by Crippen LogP contribution is -2.10. The number of nitrogens with zero attached hydrogens (tertiary/aromatic N) is 1. The topological polar surface area (TPSA) is 16.4 Å². The second-order valence-electron chi connectivity index (χ2n) is 14.6. The number of fused-ring (bicyclic) bond motifs is 7. The Morgan fingerprint density at radius 2 is 0.821 bits per heavy atom. The predicted octanol–water partition coefficient (Wildman–Crippen LogP) is 15.5. The van der Waals surface area contributed by atoms with Crippen molar-refractivity contribution in [2.45, 2.75) is 0 Å². The minimum atomic E-state index is 0.899. The van der Waals surface area contributed by atoms with E-state index in [1.54, 1.807) is 0 Å². The Balaban J connectivity index is 1.04. The van der Waals surface area contributed by atoms with Crippen molar-refractivity contribution in [3.8, 4) is 33.4 Å². The third-order valence-corrected chi connectivity index (χ3v) is 11.2. The molecule has 0 unspecified atom stereocenters. The lowest BCUT2D eigenvalue weighted by Gasteiger charge is -2.27. The van der Waals surface area contributed by atoms with Gasteiger partial charge in [0.15, 0.2) is 0 Å². The number of rotatable bonds is 6. The van der Waals surface area contributed by atoms with Crippen molar-refractivity contribution >= 4 is 71.3 Å². The molecule has 0 radical (unpaired) electrons. The molecule has 0 aliphatic rings. The van der Waals surface area contributed by atoms with Crippen molar-refractivity contribution in [1.82, 2.24) is 0 Å². The summed E-state index contributed by atoms with van der Waals surface area (Å²) in [6.45, 7) is 0. The first-order valence-electron chi connectivity index (χ1n) is 19.2. The van der Waals surface area contributed by atoms with E-state index in [-0.39, 0.29) is 0 Å². The van der Waals surface area contributed by atoms with Gasteiger partial charge in [0, 0.05) is 33.2 Å². The highest BCUT2D eigenvalue weighted by Crippen LogP contribution is 2.42. The number of hydrogen-bond donors (Lipinski definition) is 0. The van der Waals surface area contributed by atoms with Crippen LogP contribution in [-0.2, 0) is 0 Å². The highest BCUT2D eigenvalue weighted by molar-refractivity contribution is 6.19. The van der Waals surface area contributed by atoms with Crippen molar-refractivity contribution in [3.63, 3.8) is 0 Å². The minimum absolute atomic E-state index is 0.899. The van der Waals surface area contributed by atoms with E-state index in [0.717, 1.165) is 55.5 Å². The molecule has 1 heterocycles. The van der Waals surface area contributed by atoms with Crippen LogP contribution in [0.25, 0.3) is 87.6 Å². The molecule has 0 atom stereocenters. The summed E-state index contributed by atoms with van der Waals surface area (Å²) in [5, 5.41) is 9.55. The van der Waals surface area contributed by atoms with Crippen LogP contribution in [0.4, 0.5) is 17.1 Å². The van der Waals surface area contributed by atoms with E-state index in [1.165, 1.54) is 49.2 Å². The third kappa shape index (κ3) is 5.51. The van der Waals surface area contributed by atoms with Gasteiger partial charge < -0.3 is 9.32 Å². The van der Waals surface area contributed by atoms with Gasteiger partial charge in [-0.1, -0.05) is 152 Å². The third-order valence-electron chi connectivity index (χ3n) is 11.2. The van der Waals surface area contributed by atoms with E-state index < -0.39 is 0 Å². The summed E-state index contributed by atoms with van der Waals surface area (Å²) in [6.07, 6.45) is 0. The molecule has 11 aromatic rings. The first-order chi connectivity index (χ1) is 27.7. The van der Waals surface area contributed by atoms with Crippen molar-refractivity contribution < 1.29 is 4.42 Å². The molecule has 10 aromatic carbocycles. The van der Waals surface area contributed by atoms with Crippen molar-refractivity contribution in [1.29, 1.82) is 0 Å². The molecule has 2 nitrogen and oxygen atoms in total. The summed E-state index contributed by atoms with van der Waals surface area (Å²) in [4.78, 5) is 2.37. The van der Waals surface area contributed by atoms with E-state index in [0.29, 0.717) is 0 Å². The zero-order chi connectivity index (χ0) is 37.0. The first kappa shape index (κ1) is 32.0. The molecule has 0 aliphatic carbocycles. The smallest absolute Gasteiger partial charge is 0.143 e. The van der Waals surface area contributed by atoms with E-state index in [9.17, 15) is 0 Å². The quantitative estimate of drug-likeness (QED) is 0.171. The second-order valence-corrected chi connectivity index (χ2v) is 14.6. The van der Waals surface area contributed by atoms with Gasteiger partial charge in [-0.3, -0.25) is 0 Å². The molecule has 0 saturated heterocycles. The van der Waals surface area contributed by atoms with E-state index in [1.807, 2.05) is 0 Å². The molecule has 0 N–H and O–H groups in total. The molecule has 11 rings (SSSR count). The Kier molecular flexibility index (Phi) is 7.53. The Hall–Kier alpha value is -7.42. The van der Waals surface area contributed by atoms with Gasteiger partial charge in [0.1, 0.15) is 11.2 Å². The Bertz CT molecular complexity index is 3140. The Labute approximate surface area is 325 Å². The monoisotopic (exact) mass is 713 g/mol. The fourth-order valence-electron chi connectivity index (χ4n) is 8.42. The Morgan fingerprint density at radius 3 is 1.46 bits per heavy atom.